The lowest BCUT2D eigenvalue weighted by atomic mass is 10.1. The van der Waals surface area contributed by atoms with Crippen molar-refractivity contribution in [1.82, 2.24) is 27.4 Å². The van der Waals surface area contributed by atoms with E-state index in [0.717, 1.165) is 0 Å². The Labute approximate surface area is 572 Å². The van der Waals surface area contributed by atoms with Gasteiger partial charge in [0.2, 0.25) is 0 Å². The molecule has 0 N–H and O–H groups in total. The van der Waals surface area contributed by atoms with Crippen molar-refractivity contribution < 1.29 is 0 Å². The molecule has 15 aromatic carbocycles. The smallest absolute Gasteiger partial charge is 0.0561 e. The third kappa shape index (κ3) is 9.32. The van der Waals surface area contributed by atoms with Gasteiger partial charge in [0.05, 0.1) is 66.2 Å². The first kappa shape index (κ1) is 57.5. The molecule has 0 saturated carbocycles. The zero-order chi connectivity index (χ0) is 65.8. The molecule has 0 aliphatic carbocycles. The van der Waals surface area contributed by atoms with Crippen molar-refractivity contribution in [2.24, 2.45) is 0 Å². The summed E-state index contributed by atoms with van der Waals surface area (Å²) in [6.07, 6.45) is 0. The van der Waals surface area contributed by atoms with Crippen LogP contribution in [0.5, 0.6) is 0 Å². The molecule has 0 aliphatic rings. The Morgan fingerprint density at radius 2 is 0.333 bits per heavy atom. The Morgan fingerprint density at radius 1 is 0.131 bits per heavy atom. The van der Waals surface area contributed by atoms with Crippen LogP contribution in [0.15, 0.2) is 346 Å². The highest BCUT2D eigenvalue weighted by atomic mass is 15.0. The predicted octanol–water partition coefficient (Wildman–Crippen LogP) is 24.6. The lowest BCUT2D eigenvalue weighted by molar-refractivity contribution is 1.15. The van der Waals surface area contributed by atoms with Crippen LogP contribution in [0.2, 0.25) is 0 Å². The molecule has 6 nitrogen and oxygen atoms in total. The van der Waals surface area contributed by atoms with Gasteiger partial charge in [-0.3, -0.25) is 0 Å². The average Bonchev–Trinajstić information content (AvgIpc) is 1.59. The van der Waals surface area contributed by atoms with Crippen LogP contribution >= 0.6 is 0 Å². The van der Waals surface area contributed by atoms with Crippen molar-refractivity contribution in [1.29, 1.82) is 0 Å². The SMILES string of the molecule is Cc1ccc2c(c1)c1cc(-n3c4ccccc4c4ccccc43)ccc1n2-c1ccccc1.Cc1ccc2c(c1)c1ccc(-n3c4ccccc4c4ccccc43)cc1n2-c1ccccc1.Cc1ccc2c(c1)c1ccccc1n2-c1ccc2c3ccccc3n(-c3ccccc3)c2c1. The molecule has 6 heterocycles. The van der Waals surface area contributed by atoms with Crippen molar-refractivity contribution >= 4 is 131 Å². The monoisotopic (exact) mass is 1270 g/mol. The third-order valence-electron chi connectivity index (χ3n) is 20.3. The van der Waals surface area contributed by atoms with Gasteiger partial charge in [0.15, 0.2) is 0 Å². The van der Waals surface area contributed by atoms with E-state index in [2.05, 4.69) is 394 Å². The van der Waals surface area contributed by atoms with Crippen molar-refractivity contribution in [2.45, 2.75) is 20.8 Å². The molecule has 6 heteroatoms. The van der Waals surface area contributed by atoms with Gasteiger partial charge in [-0.15, -0.1) is 0 Å². The van der Waals surface area contributed by atoms with Crippen LogP contribution < -0.4 is 0 Å². The fraction of sp³-hybridized carbons (Fsp3) is 0.0323. The average molecular weight is 1270 g/mol. The molecule has 0 unspecified atom stereocenters. The van der Waals surface area contributed by atoms with E-state index in [-0.39, 0.29) is 0 Å². The number of rotatable bonds is 6. The quantitative estimate of drug-likeness (QED) is 0.159. The van der Waals surface area contributed by atoms with Gasteiger partial charge >= 0.3 is 0 Å². The van der Waals surface area contributed by atoms with Crippen LogP contribution in [0.1, 0.15) is 16.7 Å². The van der Waals surface area contributed by atoms with E-state index in [9.17, 15) is 0 Å². The maximum absolute atomic E-state index is 2.40. The van der Waals surface area contributed by atoms with Gasteiger partial charge in [-0.1, -0.05) is 211 Å². The van der Waals surface area contributed by atoms with Crippen molar-refractivity contribution in [2.75, 3.05) is 0 Å². The summed E-state index contributed by atoms with van der Waals surface area (Å²) in [6, 6.07) is 125. The fourth-order valence-electron chi connectivity index (χ4n) is 16.0. The first-order chi connectivity index (χ1) is 48.9. The molecule has 99 heavy (non-hydrogen) atoms. The van der Waals surface area contributed by atoms with Gasteiger partial charge in [-0.05, 0) is 172 Å². The Morgan fingerprint density at radius 3 is 0.667 bits per heavy atom. The second-order valence-corrected chi connectivity index (χ2v) is 26.3. The molecule has 0 bridgehead atoms. The maximum Gasteiger partial charge on any atom is 0.0561 e. The number of fused-ring (bicyclic) bond motifs is 18. The Bertz CT molecular complexity index is 6640. The highest BCUT2D eigenvalue weighted by Gasteiger charge is 2.21. The summed E-state index contributed by atoms with van der Waals surface area (Å²) in [4.78, 5) is 0. The second-order valence-electron chi connectivity index (χ2n) is 26.3. The molecular formula is C93H66N6. The van der Waals surface area contributed by atoms with Crippen molar-refractivity contribution in [3.63, 3.8) is 0 Å². The minimum Gasteiger partial charge on any atom is -0.309 e. The molecule has 21 rings (SSSR count). The number of para-hydroxylation sites is 9. The zero-order valence-electron chi connectivity index (χ0n) is 55.1. The lowest BCUT2D eigenvalue weighted by Crippen LogP contribution is -1.96. The second kappa shape index (κ2) is 23.2. The van der Waals surface area contributed by atoms with Crippen LogP contribution in [-0.4, -0.2) is 27.4 Å². The largest absolute Gasteiger partial charge is 0.309 e. The minimum atomic E-state index is 1.18. The molecular weight excluding hydrogens is 1200 g/mol. The van der Waals surface area contributed by atoms with Crippen LogP contribution in [0.25, 0.3) is 165 Å². The Kier molecular flexibility index (Phi) is 13.5. The number of hydrogen-bond acceptors (Lipinski definition) is 0. The van der Waals surface area contributed by atoms with E-state index in [1.165, 1.54) is 182 Å². The summed E-state index contributed by atoms with van der Waals surface area (Å²) in [5.41, 5.74) is 25.7. The third-order valence-corrected chi connectivity index (χ3v) is 20.3. The number of aryl methyl sites for hydroxylation is 3. The Hall–Kier alpha value is -12.9. The Balaban J connectivity index is 0.000000104. The summed E-state index contributed by atoms with van der Waals surface area (Å²) in [6.45, 7) is 6.50. The molecule has 0 aliphatic heterocycles. The molecule has 468 valence electrons. The number of hydrogen-bond donors (Lipinski definition) is 0. The minimum absolute atomic E-state index is 1.18. The van der Waals surface area contributed by atoms with Gasteiger partial charge in [0.1, 0.15) is 0 Å². The summed E-state index contributed by atoms with van der Waals surface area (Å²) in [7, 11) is 0. The summed E-state index contributed by atoms with van der Waals surface area (Å²) in [5, 5.41) is 15.4. The molecule has 0 spiro atoms. The lowest BCUT2D eigenvalue weighted by Gasteiger charge is -2.11. The van der Waals surface area contributed by atoms with E-state index < -0.39 is 0 Å². The molecule has 0 amide bonds. The first-order valence-electron chi connectivity index (χ1n) is 34.1. The van der Waals surface area contributed by atoms with Gasteiger partial charge in [-0.2, -0.15) is 0 Å². The molecule has 0 radical (unpaired) electrons. The van der Waals surface area contributed by atoms with E-state index in [0.29, 0.717) is 0 Å². The van der Waals surface area contributed by atoms with E-state index in [1.54, 1.807) is 0 Å². The van der Waals surface area contributed by atoms with Gasteiger partial charge in [0.25, 0.3) is 0 Å². The van der Waals surface area contributed by atoms with E-state index in [4.69, 9.17) is 0 Å². The summed E-state index contributed by atoms with van der Waals surface area (Å²) >= 11 is 0. The molecule has 0 saturated heterocycles. The van der Waals surface area contributed by atoms with Crippen LogP contribution in [0, 0.1) is 20.8 Å². The number of aromatic nitrogens is 6. The summed E-state index contributed by atoms with van der Waals surface area (Å²) in [5.74, 6) is 0. The van der Waals surface area contributed by atoms with Gasteiger partial charge in [-0.25, -0.2) is 0 Å². The number of nitrogens with zero attached hydrogens (tertiary/aromatic N) is 6. The highest BCUT2D eigenvalue weighted by molar-refractivity contribution is 6.16. The molecule has 6 aromatic heterocycles. The maximum atomic E-state index is 2.40. The van der Waals surface area contributed by atoms with E-state index >= 15 is 0 Å². The topological polar surface area (TPSA) is 29.6 Å². The molecule has 0 atom stereocenters. The molecule has 0 fully saturated rings. The molecule has 21 aromatic rings. The van der Waals surface area contributed by atoms with Crippen molar-refractivity contribution in [3.8, 4) is 34.1 Å². The van der Waals surface area contributed by atoms with Crippen LogP contribution in [-0.2, 0) is 0 Å². The first-order valence-corrected chi connectivity index (χ1v) is 34.1. The summed E-state index contributed by atoms with van der Waals surface area (Å²) < 4.78 is 14.3. The normalized spacial score (nSPS) is 11.8. The zero-order valence-corrected chi connectivity index (χ0v) is 55.1. The van der Waals surface area contributed by atoms with Crippen LogP contribution in [0.3, 0.4) is 0 Å². The van der Waals surface area contributed by atoms with E-state index in [1.807, 2.05) is 0 Å². The van der Waals surface area contributed by atoms with Crippen molar-refractivity contribution in [3.05, 3.63) is 362 Å². The van der Waals surface area contributed by atoms with Gasteiger partial charge < -0.3 is 27.4 Å². The predicted molar refractivity (Wildman–Crippen MR) is 420 cm³/mol. The number of benzene rings is 15. The fourth-order valence-corrected chi connectivity index (χ4v) is 16.0. The van der Waals surface area contributed by atoms with Crippen LogP contribution in [0.4, 0.5) is 0 Å². The standard InChI is InChI=1S/3C31H22N2/c1-21-15-18-30-27(19-21)25-12-6-8-14-29(25)33(30)23-16-17-26-24-11-5-7-13-28(24)32(31(26)20-23)22-9-3-2-4-10-22;1-21-15-18-30-27(19-21)26-17-16-23(20-31(26)32(30)22-9-3-2-4-10-22)33-28-13-7-5-11-24(28)25-12-6-8-14-29(25)33;1-21-15-17-30-26(19-21)27-20-23(16-18-31(27)32(30)22-9-3-2-4-10-22)33-28-13-7-5-11-24(28)25-12-6-8-14-29(25)33/h3*2-20H,1H3. The van der Waals surface area contributed by atoms with Gasteiger partial charge in [0, 0.05) is 98.8 Å². The highest BCUT2D eigenvalue weighted by Crippen LogP contribution is 2.42.